The van der Waals surface area contributed by atoms with Crippen molar-refractivity contribution in [3.05, 3.63) is 23.3 Å². The topological polar surface area (TPSA) is 46.5 Å². The second kappa shape index (κ2) is 6.18. The van der Waals surface area contributed by atoms with Gasteiger partial charge in [0.2, 0.25) is 0 Å². The second-order valence-corrected chi connectivity index (χ2v) is 8.99. The third kappa shape index (κ3) is 4.49. The van der Waals surface area contributed by atoms with Crippen molar-refractivity contribution in [3.8, 4) is 11.5 Å². The number of carbonyl (C=O) groups is 1. The first-order valence-electron chi connectivity index (χ1n) is 8.30. The number of hydrogen-bond acceptors (Lipinski definition) is 3. The molecule has 1 rings (SSSR count). The fraction of sp³-hybridized carbons (Fsp3) is 0.650. The number of phenols is 1. The summed E-state index contributed by atoms with van der Waals surface area (Å²) in [7, 11) is 0. The Morgan fingerprint density at radius 3 is 1.65 bits per heavy atom. The zero-order chi connectivity index (χ0) is 18.2. The van der Waals surface area contributed by atoms with E-state index >= 15 is 0 Å². The van der Waals surface area contributed by atoms with Gasteiger partial charge in [0.15, 0.2) is 0 Å². The number of aromatic hydroxyl groups is 1. The second-order valence-electron chi connectivity index (χ2n) is 8.99. The number of benzene rings is 1. The van der Waals surface area contributed by atoms with Gasteiger partial charge in [0.25, 0.3) is 0 Å². The van der Waals surface area contributed by atoms with Gasteiger partial charge in [-0.15, -0.1) is 0 Å². The van der Waals surface area contributed by atoms with Crippen molar-refractivity contribution in [3.63, 3.8) is 0 Å². The van der Waals surface area contributed by atoms with Crippen molar-refractivity contribution in [1.29, 1.82) is 0 Å². The molecule has 1 aromatic carbocycles. The van der Waals surface area contributed by atoms with Crippen LogP contribution < -0.4 is 4.74 Å². The molecule has 3 nitrogen and oxygen atoms in total. The summed E-state index contributed by atoms with van der Waals surface area (Å²) in [5.41, 5.74) is 0.574. The van der Waals surface area contributed by atoms with Crippen LogP contribution in [0.3, 0.4) is 0 Å². The first-order chi connectivity index (χ1) is 10.2. The van der Waals surface area contributed by atoms with Crippen LogP contribution in [-0.4, -0.2) is 11.1 Å². The van der Waals surface area contributed by atoms with E-state index in [1.54, 1.807) is 12.1 Å². The average Bonchev–Trinajstić information content (AvgIpc) is 2.37. The van der Waals surface area contributed by atoms with E-state index in [-0.39, 0.29) is 16.8 Å². The van der Waals surface area contributed by atoms with Gasteiger partial charge >= 0.3 is 5.97 Å². The van der Waals surface area contributed by atoms with Gasteiger partial charge in [0.1, 0.15) is 11.5 Å². The maximum atomic E-state index is 12.4. The van der Waals surface area contributed by atoms with Gasteiger partial charge < -0.3 is 9.84 Å². The average molecular weight is 320 g/mol. The quantitative estimate of drug-likeness (QED) is 0.605. The number of hydrogen-bond donors (Lipinski definition) is 1. The molecule has 0 spiro atoms. The van der Waals surface area contributed by atoms with Gasteiger partial charge in [-0.3, -0.25) is 4.79 Å². The molecular formula is C20H32O3. The summed E-state index contributed by atoms with van der Waals surface area (Å²) >= 11 is 0. The highest BCUT2D eigenvalue weighted by atomic mass is 16.5. The smallest absolute Gasteiger partial charge is 0.316 e. The van der Waals surface area contributed by atoms with Crippen LogP contribution >= 0.6 is 0 Å². The molecule has 0 aliphatic rings. The predicted molar refractivity (Wildman–Crippen MR) is 95.2 cm³/mol. The van der Waals surface area contributed by atoms with Crippen molar-refractivity contribution >= 4 is 5.97 Å². The summed E-state index contributed by atoms with van der Waals surface area (Å²) in [4.78, 5) is 12.4. The van der Waals surface area contributed by atoms with Crippen LogP contribution in [0.15, 0.2) is 12.1 Å². The van der Waals surface area contributed by atoms with Crippen LogP contribution in [-0.2, 0) is 15.6 Å². The van der Waals surface area contributed by atoms with Gasteiger partial charge in [0.05, 0.1) is 5.41 Å². The molecular weight excluding hydrogens is 288 g/mol. The van der Waals surface area contributed by atoms with Crippen molar-refractivity contribution in [2.75, 3.05) is 0 Å². The highest BCUT2D eigenvalue weighted by molar-refractivity contribution is 5.78. The Bertz CT molecular complexity index is 549. The maximum absolute atomic E-state index is 12.4. The predicted octanol–water partition coefficient (Wildman–Crippen LogP) is 5.33. The largest absolute Gasteiger partial charge is 0.507 e. The van der Waals surface area contributed by atoms with Crippen molar-refractivity contribution in [2.24, 2.45) is 5.41 Å². The molecule has 0 fully saturated rings. The van der Waals surface area contributed by atoms with Gasteiger partial charge in [-0.1, -0.05) is 48.5 Å². The van der Waals surface area contributed by atoms with E-state index in [0.717, 1.165) is 11.1 Å². The molecule has 3 heteroatoms. The Hall–Kier alpha value is -1.51. The molecule has 0 radical (unpaired) electrons. The fourth-order valence-corrected chi connectivity index (χ4v) is 2.20. The molecule has 23 heavy (non-hydrogen) atoms. The highest BCUT2D eigenvalue weighted by Gasteiger charge is 2.30. The van der Waals surface area contributed by atoms with Gasteiger partial charge in [-0.25, -0.2) is 0 Å². The lowest BCUT2D eigenvalue weighted by atomic mass is 9.79. The molecule has 0 amide bonds. The Morgan fingerprint density at radius 1 is 0.957 bits per heavy atom. The molecule has 0 aliphatic carbocycles. The van der Waals surface area contributed by atoms with Gasteiger partial charge in [-0.05, 0) is 43.2 Å². The standard InChI is InChI=1S/C20H32O3/c1-10-20(8,9)17(22)23-13-11-14(18(2,3)4)16(21)15(12-13)19(5,6)7/h11-12,21H,10H2,1-9H3. The van der Waals surface area contributed by atoms with E-state index in [1.165, 1.54) is 0 Å². The van der Waals surface area contributed by atoms with E-state index < -0.39 is 5.41 Å². The Morgan fingerprint density at radius 2 is 1.35 bits per heavy atom. The molecule has 0 bridgehead atoms. The first-order valence-corrected chi connectivity index (χ1v) is 8.30. The van der Waals surface area contributed by atoms with Crippen LogP contribution in [0, 0.1) is 5.41 Å². The van der Waals surface area contributed by atoms with Gasteiger partial charge in [0, 0.05) is 11.1 Å². The van der Waals surface area contributed by atoms with E-state index in [2.05, 4.69) is 0 Å². The number of ether oxygens (including phenoxy) is 1. The lowest BCUT2D eigenvalue weighted by molar-refractivity contribution is -0.144. The molecule has 0 aliphatic heterocycles. The monoisotopic (exact) mass is 320 g/mol. The number of esters is 1. The Balaban J connectivity index is 3.43. The number of carbonyl (C=O) groups excluding carboxylic acids is 1. The van der Waals surface area contributed by atoms with Crippen molar-refractivity contribution in [1.82, 2.24) is 0 Å². The van der Waals surface area contributed by atoms with E-state index in [1.807, 2.05) is 62.3 Å². The van der Waals surface area contributed by atoms with Crippen LogP contribution in [0.1, 0.15) is 79.9 Å². The number of rotatable bonds is 3. The Kier molecular flexibility index (Phi) is 5.25. The summed E-state index contributed by atoms with van der Waals surface area (Å²) < 4.78 is 5.65. The van der Waals surface area contributed by atoms with Crippen LogP contribution in [0.25, 0.3) is 0 Å². The lowest BCUT2D eigenvalue weighted by Gasteiger charge is -2.28. The third-order valence-electron chi connectivity index (χ3n) is 4.35. The number of phenolic OH excluding ortho intramolecular Hbond substituents is 1. The van der Waals surface area contributed by atoms with Crippen LogP contribution in [0.2, 0.25) is 0 Å². The molecule has 1 aromatic rings. The zero-order valence-electron chi connectivity index (χ0n) is 16.1. The summed E-state index contributed by atoms with van der Waals surface area (Å²) in [6.07, 6.45) is 0.710. The summed E-state index contributed by atoms with van der Waals surface area (Å²) in [6.45, 7) is 18.0. The molecule has 0 saturated heterocycles. The molecule has 0 atom stereocenters. The minimum Gasteiger partial charge on any atom is -0.507 e. The molecule has 0 aromatic heterocycles. The highest BCUT2D eigenvalue weighted by Crippen LogP contribution is 2.42. The third-order valence-corrected chi connectivity index (χ3v) is 4.35. The van der Waals surface area contributed by atoms with Crippen molar-refractivity contribution in [2.45, 2.75) is 79.6 Å². The maximum Gasteiger partial charge on any atom is 0.316 e. The van der Waals surface area contributed by atoms with E-state index in [4.69, 9.17) is 4.74 Å². The van der Waals surface area contributed by atoms with Crippen molar-refractivity contribution < 1.29 is 14.6 Å². The first kappa shape index (κ1) is 19.5. The molecule has 0 heterocycles. The molecule has 0 unspecified atom stereocenters. The molecule has 130 valence electrons. The minimum absolute atomic E-state index is 0.243. The van der Waals surface area contributed by atoms with Gasteiger partial charge in [-0.2, -0.15) is 0 Å². The summed E-state index contributed by atoms with van der Waals surface area (Å²) in [5.74, 6) is 0.550. The lowest BCUT2D eigenvalue weighted by Crippen LogP contribution is -2.28. The normalized spacial score (nSPS) is 13.1. The van der Waals surface area contributed by atoms with E-state index in [9.17, 15) is 9.90 Å². The zero-order valence-corrected chi connectivity index (χ0v) is 16.1. The van der Waals surface area contributed by atoms with Crippen LogP contribution in [0.5, 0.6) is 11.5 Å². The molecule has 0 saturated carbocycles. The Labute approximate surface area is 141 Å². The van der Waals surface area contributed by atoms with E-state index in [0.29, 0.717) is 17.9 Å². The minimum atomic E-state index is -0.526. The van der Waals surface area contributed by atoms with Crippen LogP contribution in [0.4, 0.5) is 0 Å². The fourth-order valence-electron chi connectivity index (χ4n) is 2.20. The summed E-state index contributed by atoms with van der Waals surface area (Å²) in [6, 6.07) is 3.57. The molecule has 1 N–H and O–H groups in total. The summed E-state index contributed by atoms with van der Waals surface area (Å²) in [5, 5.41) is 10.7. The SMILES string of the molecule is CCC(C)(C)C(=O)Oc1cc(C(C)(C)C)c(O)c(C(C)(C)C)c1.